The molecule has 3 nitrogen and oxygen atoms in total. The van der Waals surface area contributed by atoms with Crippen molar-refractivity contribution in [2.24, 2.45) is 5.73 Å². The van der Waals surface area contributed by atoms with Gasteiger partial charge in [0.25, 0.3) is 0 Å². The van der Waals surface area contributed by atoms with Gasteiger partial charge in [-0.1, -0.05) is 28.9 Å². The van der Waals surface area contributed by atoms with E-state index in [4.69, 9.17) is 5.73 Å². The van der Waals surface area contributed by atoms with Gasteiger partial charge in [0.15, 0.2) is 0 Å². The lowest BCUT2D eigenvalue weighted by atomic mass is 10.0. The summed E-state index contributed by atoms with van der Waals surface area (Å²) < 4.78 is 1.15. The lowest BCUT2D eigenvalue weighted by Crippen LogP contribution is -2.38. The van der Waals surface area contributed by atoms with Crippen LogP contribution in [0.15, 0.2) is 22.7 Å². The smallest absolute Gasteiger partial charge is 0.0413 e. The lowest BCUT2D eigenvalue weighted by molar-refractivity contribution is 0.337. The average molecular weight is 354 g/mol. The predicted octanol–water partition coefficient (Wildman–Crippen LogP) is 3.26. The van der Waals surface area contributed by atoms with Crippen LogP contribution >= 0.6 is 15.9 Å². The molecule has 2 N–H and O–H groups in total. The Bertz CT molecular complexity index is 463. The van der Waals surface area contributed by atoms with Gasteiger partial charge in [-0.05, 0) is 57.5 Å². The zero-order valence-corrected chi connectivity index (χ0v) is 15.1. The molecule has 0 spiro atoms. The third-order valence-electron chi connectivity index (χ3n) is 4.41. The quantitative estimate of drug-likeness (QED) is 0.901. The van der Waals surface area contributed by atoms with Crippen LogP contribution in [0.3, 0.4) is 0 Å². The zero-order valence-electron chi connectivity index (χ0n) is 13.5. The third-order valence-corrected chi connectivity index (χ3v) is 4.90. The number of hydrogen-bond donors (Lipinski definition) is 1. The van der Waals surface area contributed by atoms with E-state index in [0.717, 1.165) is 30.4 Å². The summed E-state index contributed by atoms with van der Waals surface area (Å²) in [6, 6.07) is 7.41. The minimum Gasteiger partial charge on any atom is -0.367 e. The first-order valence-corrected chi connectivity index (χ1v) is 8.79. The number of likely N-dealkylation sites (N-methyl/N-ethyl adjacent to an activating group) is 1. The van der Waals surface area contributed by atoms with Crippen molar-refractivity contribution in [1.29, 1.82) is 0 Å². The molecule has 0 bridgehead atoms. The largest absolute Gasteiger partial charge is 0.367 e. The van der Waals surface area contributed by atoms with E-state index in [0.29, 0.717) is 6.04 Å². The van der Waals surface area contributed by atoms with Gasteiger partial charge in [0.05, 0.1) is 0 Å². The van der Waals surface area contributed by atoms with Crippen molar-refractivity contribution in [2.45, 2.75) is 45.2 Å². The van der Waals surface area contributed by atoms with Gasteiger partial charge in [-0.15, -0.1) is 0 Å². The van der Waals surface area contributed by atoms with E-state index in [-0.39, 0.29) is 6.04 Å². The average Bonchev–Trinajstić information content (AvgIpc) is 2.61. The Morgan fingerprint density at radius 3 is 2.86 bits per heavy atom. The van der Waals surface area contributed by atoms with Crippen LogP contribution in [0.25, 0.3) is 0 Å². The summed E-state index contributed by atoms with van der Waals surface area (Å²) in [5, 5.41) is 0. The van der Waals surface area contributed by atoms with Crippen LogP contribution in [0.1, 0.15) is 32.3 Å². The van der Waals surface area contributed by atoms with Gasteiger partial charge in [0, 0.05) is 35.3 Å². The van der Waals surface area contributed by atoms with Crippen LogP contribution in [-0.4, -0.2) is 43.7 Å². The highest BCUT2D eigenvalue weighted by Gasteiger charge is 2.22. The van der Waals surface area contributed by atoms with Gasteiger partial charge in [-0.25, -0.2) is 0 Å². The van der Waals surface area contributed by atoms with E-state index in [1.807, 2.05) is 0 Å². The molecule has 2 unspecified atom stereocenters. The molecule has 0 aromatic heterocycles. The fraction of sp³-hybridized carbons (Fsp3) is 0.647. The molecular weight excluding hydrogens is 326 g/mol. The molecule has 2 rings (SSSR count). The topological polar surface area (TPSA) is 32.5 Å². The Morgan fingerprint density at radius 1 is 1.38 bits per heavy atom. The number of halogens is 1. The number of rotatable bonds is 4. The van der Waals surface area contributed by atoms with Gasteiger partial charge >= 0.3 is 0 Å². The molecule has 21 heavy (non-hydrogen) atoms. The highest BCUT2D eigenvalue weighted by Crippen LogP contribution is 2.29. The van der Waals surface area contributed by atoms with Crippen molar-refractivity contribution in [3.05, 3.63) is 28.2 Å². The van der Waals surface area contributed by atoms with Crippen molar-refractivity contribution in [3.63, 3.8) is 0 Å². The third kappa shape index (κ3) is 4.44. The van der Waals surface area contributed by atoms with E-state index in [1.54, 1.807) is 0 Å². The standard InChI is InChI=1S/C17H28BrN3/c1-4-16(19)10-14-6-7-15(18)11-17(14)21-9-5-8-20(3)12-13(21)2/h6-7,11,13,16H,4-5,8-10,12,19H2,1-3H3. The molecule has 2 atom stereocenters. The molecule has 4 heteroatoms. The van der Waals surface area contributed by atoms with Crippen molar-refractivity contribution in [3.8, 4) is 0 Å². The molecule has 0 amide bonds. The van der Waals surface area contributed by atoms with Gasteiger partial charge in [-0.3, -0.25) is 0 Å². The van der Waals surface area contributed by atoms with Crippen molar-refractivity contribution in [2.75, 3.05) is 31.6 Å². The van der Waals surface area contributed by atoms with Crippen LogP contribution in [-0.2, 0) is 6.42 Å². The molecule has 1 fully saturated rings. The zero-order chi connectivity index (χ0) is 15.4. The lowest BCUT2D eigenvalue weighted by Gasteiger charge is -2.32. The minimum atomic E-state index is 0.245. The van der Waals surface area contributed by atoms with Crippen LogP contribution in [0.4, 0.5) is 5.69 Å². The number of anilines is 1. The van der Waals surface area contributed by atoms with Crippen LogP contribution < -0.4 is 10.6 Å². The van der Waals surface area contributed by atoms with Crippen LogP contribution in [0.5, 0.6) is 0 Å². The predicted molar refractivity (Wildman–Crippen MR) is 95.0 cm³/mol. The molecule has 0 aliphatic carbocycles. The second kappa shape index (κ2) is 7.61. The number of nitrogens with zero attached hydrogens (tertiary/aromatic N) is 2. The summed E-state index contributed by atoms with van der Waals surface area (Å²) in [5.41, 5.74) is 8.93. The molecule has 1 saturated heterocycles. The summed E-state index contributed by atoms with van der Waals surface area (Å²) in [6.07, 6.45) is 3.19. The maximum atomic E-state index is 6.19. The summed E-state index contributed by atoms with van der Waals surface area (Å²) in [6.45, 7) is 7.90. The Labute approximate surface area is 137 Å². The van der Waals surface area contributed by atoms with E-state index in [1.165, 1.54) is 24.2 Å². The highest BCUT2D eigenvalue weighted by atomic mass is 79.9. The summed E-state index contributed by atoms with van der Waals surface area (Å²) in [4.78, 5) is 4.99. The summed E-state index contributed by atoms with van der Waals surface area (Å²) in [7, 11) is 2.22. The first kappa shape index (κ1) is 16.8. The molecule has 0 radical (unpaired) electrons. The van der Waals surface area contributed by atoms with Gasteiger partial charge in [0.1, 0.15) is 0 Å². The monoisotopic (exact) mass is 353 g/mol. The molecule has 1 aliphatic heterocycles. The second-order valence-corrected chi connectivity index (χ2v) is 7.22. The second-order valence-electron chi connectivity index (χ2n) is 6.30. The molecule has 1 aromatic rings. The van der Waals surface area contributed by atoms with Crippen LogP contribution in [0, 0.1) is 0 Å². The number of benzene rings is 1. The van der Waals surface area contributed by atoms with E-state index in [2.05, 4.69) is 64.8 Å². The molecule has 1 aromatic carbocycles. The van der Waals surface area contributed by atoms with Crippen molar-refractivity contribution < 1.29 is 0 Å². The normalized spacial score (nSPS) is 22.1. The fourth-order valence-corrected chi connectivity index (χ4v) is 3.48. The van der Waals surface area contributed by atoms with Crippen molar-refractivity contribution >= 4 is 21.6 Å². The molecular formula is C17H28BrN3. The molecule has 0 saturated carbocycles. The fourth-order valence-electron chi connectivity index (χ4n) is 3.13. The SMILES string of the molecule is CCC(N)Cc1ccc(Br)cc1N1CCCN(C)CC1C. The maximum absolute atomic E-state index is 6.19. The Kier molecular flexibility index (Phi) is 6.08. The van der Waals surface area contributed by atoms with Crippen LogP contribution in [0.2, 0.25) is 0 Å². The Balaban J connectivity index is 2.29. The van der Waals surface area contributed by atoms with E-state index in [9.17, 15) is 0 Å². The van der Waals surface area contributed by atoms with Crippen molar-refractivity contribution in [1.82, 2.24) is 4.90 Å². The van der Waals surface area contributed by atoms with E-state index < -0.39 is 0 Å². The maximum Gasteiger partial charge on any atom is 0.0413 e. The first-order valence-electron chi connectivity index (χ1n) is 8.00. The number of nitrogens with two attached hydrogens (primary N) is 1. The Hall–Kier alpha value is -0.580. The van der Waals surface area contributed by atoms with Gasteiger partial charge in [0.2, 0.25) is 0 Å². The first-order chi connectivity index (χ1) is 10.0. The summed E-state index contributed by atoms with van der Waals surface area (Å²) in [5.74, 6) is 0. The van der Waals surface area contributed by atoms with Gasteiger partial charge < -0.3 is 15.5 Å². The minimum absolute atomic E-state index is 0.245. The molecule has 118 valence electrons. The summed E-state index contributed by atoms with van der Waals surface area (Å²) >= 11 is 3.63. The Morgan fingerprint density at radius 2 is 2.14 bits per heavy atom. The molecule has 1 aliphatic rings. The van der Waals surface area contributed by atoms with E-state index >= 15 is 0 Å². The van der Waals surface area contributed by atoms with Gasteiger partial charge in [-0.2, -0.15) is 0 Å². The highest BCUT2D eigenvalue weighted by molar-refractivity contribution is 9.10. The molecule has 1 heterocycles. The number of hydrogen-bond acceptors (Lipinski definition) is 3.